The van der Waals surface area contributed by atoms with E-state index in [-0.39, 0.29) is 10.6 Å². The average molecular weight is 437 g/mol. The zero-order valence-electron chi connectivity index (χ0n) is 16.2. The van der Waals surface area contributed by atoms with Gasteiger partial charge in [0.25, 0.3) is 5.91 Å². The van der Waals surface area contributed by atoms with E-state index in [0.717, 1.165) is 5.56 Å². The summed E-state index contributed by atoms with van der Waals surface area (Å²) < 4.78 is 5.78. The topological polar surface area (TPSA) is 62.1 Å². The molecule has 0 aliphatic carbocycles. The molecule has 150 valence electrons. The van der Waals surface area contributed by atoms with E-state index in [2.05, 4.69) is 5.32 Å². The van der Waals surface area contributed by atoms with Crippen molar-refractivity contribution in [2.24, 2.45) is 0 Å². The molecule has 3 rings (SSSR count). The van der Waals surface area contributed by atoms with Gasteiger partial charge in [0.15, 0.2) is 0 Å². The van der Waals surface area contributed by atoms with Gasteiger partial charge in [-0.2, -0.15) is 5.26 Å². The summed E-state index contributed by atoms with van der Waals surface area (Å²) in [5.41, 5.74) is 3.26. The van der Waals surface area contributed by atoms with Crippen LogP contribution in [0.3, 0.4) is 0 Å². The van der Waals surface area contributed by atoms with Crippen molar-refractivity contribution in [3.63, 3.8) is 0 Å². The largest absolute Gasteiger partial charge is 0.489 e. The lowest BCUT2D eigenvalue weighted by molar-refractivity contribution is -0.112. The molecule has 4 nitrogen and oxygen atoms in total. The molecule has 0 radical (unpaired) electrons. The predicted molar refractivity (Wildman–Crippen MR) is 121 cm³/mol. The highest BCUT2D eigenvalue weighted by molar-refractivity contribution is 6.44. The summed E-state index contributed by atoms with van der Waals surface area (Å²) in [6.45, 7) is 2.50. The van der Waals surface area contributed by atoms with E-state index < -0.39 is 5.91 Å². The van der Waals surface area contributed by atoms with E-state index in [9.17, 15) is 10.1 Å². The SMILES string of the molecule is Cc1ccc(COc2ccc(/C=C(/C#N)C(=O)Nc3cccc(Cl)c3Cl)cc2)cc1. The Hall–Kier alpha value is -3.26. The number of aryl methyl sites for hydroxylation is 1. The number of hydrogen-bond acceptors (Lipinski definition) is 3. The summed E-state index contributed by atoms with van der Waals surface area (Å²) in [5, 5.41) is 12.5. The fraction of sp³-hybridized carbons (Fsp3) is 0.0833. The summed E-state index contributed by atoms with van der Waals surface area (Å²) >= 11 is 12.0. The third-order valence-corrected chi connectivity index (χ3v) is 5.10. The minimum absolute atomic E-state index is 0.0561. The highest BCUT2D eigenvalue weighted by Crippen LogP contribution is 2.29. The summed E-state index contributed by atoms with van der Waals surface area (Å²) in [7, 11) is 0. The summed E-state index contributed by atoms with van der Waals surface area (Å²) in [5.74, 6) is 0.128. The van der Waals surface area contributed by atoms with E-state index in [1.807, 2.05) is 37.3 Å². The first-order valence-corrected chi connectivity index (χ1v) is 9.87. The van der Waals surface area contributed by atoms with Gasteiger partial charge in [-0.15, -0.1) is 0 Å². The van der Waals surface area contributed by atoms with Crippen LogP contribution in [0, 0.1) is 18.3 Å². The Morgan fingerprint density at radius 1 is 1.07 bits per heavy atom. The number of hydrogen-bond donors (Lipinski definition) is 1. The average Bonchev–Trinajstić information content (AvgIpc) is 2.75. The van der Waals surface area contributed by atoms with Crippen LogP contribution in [-0.4, -0.2) is 5.91 Å². The Morgan fingerprint density at radius 2 is 1.77 bits per heavy atom. The second-order valence-corrected chi connectivity index (χ2v) is 7.35. The van der Waals surface area contributed by atoms with Crippen molar-refractivity contribution in [2.45, 2.75) is 13.5 Å². The highest BCUT2D eigenvalue weighted by atomic mass is 35.5. The number of halogens is 2. The molecule has 0 bridgehead atoms. The molecule has 30 heavy (non-hydrogen) atoms. The van der Waals surface area contributed by atoms with Crippen LogP contribution in [0.4, 0.5) is 5.69 Å². The van der Waals surface area contributed by atoms with Crippen LogP contribution < -0.4 is 10.1 Å². The number of nitrogens with zero attached hydrogens (tertiary/aromatic N) is 1. The lowest BCUT2D eigenvalue weighted by Crippen LogP contribution is -2.13. The van der Waals surface area contributed by atoms with E-state index >= 15 is 0 Å². The van der Waals surface area contributed by atoms with Gasteiger partial charge in [0.2, 0.25) is 0 Å². The van der Waals surface area contributed by atoms with E-state index in [1.165, 1.54) is 11.6 Å². The third-order valence-electron chi connectivity index (χ3n) is 4.28. The first kappa shape index (κ1) is 21.4. The van der Waals surface area contributed by atoms with Gasteiger partial charge in [-0.3, -0.25) is 4.79 Å². The fourth-order valence-corrected chi connectivity index (χ4v) is 2.96. The Labute approximate surface area is 185 Å². The zero-order valence-corrected chi connectivity index (χ0v) is 17.7. The molecule has 0 saturated carbocycles. The molecule has 0 spiro atoms. The predicted octanol–water partition coefficient (Wildman–Crippen LogP) is 6.43. The van der Waals surface area contributed by atoms with Crippen LogP contribution in [0.1, 0.15) is 16.7 Å². The van der Waals surface area contributed by atoms with Crippen molar-refractivity contribution in [1.29, 1.82) is 5.26 Å². The van der Waals surface area contributed by atoms with Crippen LogP contribution >= 0.6 is 23.2 Å². The minimum Gasteiger partial charge on any atom is -0.489 e. The number of benzene rings is 3. The molecule has 0 atom stereocenters. The van der Waals surface area contributed by atoms with Crippen molar-refractivity contribution >= 4 is 40.9 Å². The van der Waals surface area contributed by atoms with Crippen LogP contribution in [0.5, 0.6) is 5.75 Å². The first-order valence-electron chi connectivity index (χ1n) is 9.12. The second-order valence-electron chi connectivity index (χ2n) is 6.57. The van der Waals surface area contributed by atoms with Gasteiger partial charge in [0.1, 0.15) is 24.0 Å². The van der Waals surface area contributed by atoms with Gasteiger partial charge in [0.05, 0.1) is 15.7 Å². The van der Waals surface area contributed by atoms with Crippen LogP contribution in [0.2, 0.25) is 10.0 Å². The van der Waals surface area contributed by atoms with E-state index in [4.69, 9.17) is 27.9 Å². The molecule has 0 unspecified atom stereocenters. The number of rotatable bonds is 6. The second kappa shape index (κ2) is 9.98. The van der Waals surface area contributed by atoms with Gasteiger partial charge in [0, 0.05) is 0 Å². The van der Waals surface area contributed by atoms with Crippen molar-refractivity contribution < 1.29 is 9.53 Å². The molecule has 0 aliphatic heterocycles. The lowest BCUT2D eigenvalue weighted by atomic mass is 10.1. The molecule has 6 heteroatoms. The first-order chi connectivity index (χ1) is 14.5. The Balaban J connectivity index is 1.66. The maximum Gasteiger partial charge on any atom is 0.266 e. The molecule has 0 aliphatic rings. The quantitative estimate of drug-likeness (QED) is 0.357. The molecular formula is C24H18Cl2N2O2. The fourth-order valence-electron chi connectivity index (χ4n) is 2.62. The molecule has 1 N–H and O–H groups in total. The Kier molecular flexibility index (Phi) is 7.13. The summed E-state index contributed by atoms with van der Waals surface area (Å²) in [6.07, 6.45) is 1.50. The van der Waals surface area contributed by atoms with Gasteiger partial charge in [-0.25, -0.2) is 0 Å². The monoisotopic (exact) mass is 436 g/mol. The summed E-state index contributed by atoms with van der Waals surface area (Å²) in [4.78, 5) is 12.4. The lowest BCUT2D eigenvalue weighted by Gasteiger charge is -2.08. The van der Waals surface area contributed by atoms with E-state index in [1.54, 1.807) is 42.5 Å². The highest BCUT2D eigenvalue weighted by Gasteiger charge is 2.12. The smallest absolute Gasteiger partial charge is 0.266 e. The molecule has 0 aromatic heterocycles. The summed E-state index contributed by atoms with van der Waals surface area (Å²) in [6, 6.07) is 22.1. The normalized spacial score (nSPS) is 10.9. The number of nitrogens with one attached hydrogen (secondary N) is 1. The third kappa shape index (κ3) is 5.64. The van der Waals surface area contributed by atoms with Crippen molar-refractivity contribution in [2.75, 3.05) is 5.32 Å². The Morgan fingerprint density at radius 3 is 2.43 bits per heavy atom. The zero-order chi connectivity index (χ0) is 21.5. The number of ether oxygens (including phenoxy) is 1. The van der Waals surface area contributed by atoms with E-state index in [0.29, 0.717) is 28.6 Å². The minimum atomic E-state index is -0.568. The number of amides is 1. The number of nitriles is 1. The van der Waals surface area contributed by atoms with Crippen molar-refractivity contribution in [3.05, 3.63) is 99.0 Å². The number of carbonyl (C=O) groups excluding carboxylic acids is 1. The number of anilines is 1. The maximum atomic E-state index is 12.4. The molecule has 3 aromatic carbocycles. The molecule has 1 amide bonds. The standard InChI is InChI=1S/C24H18Cl2N2O2/c1-16-5-7-18(8-6-16)15-30-20-11-9-17(10-12-20)13-19(14-27)24(29)28-22-4-2-3-21(25)23(22)26/h2-13H,15H2,1H3,(H,28,29)/b19-13-. The van der Waals surface area contributed by atoms with Gasteiger partial charge < -0.3 is 10.1 Å². The molecule has 0 fully saturated rings. The van der Waals surface area contributed by atoms with Crippen molar-refractivity contribution in [1.82, 2.24) is 0 Å². The van der Waals surface area contributed by atoms with Crippen molar-refractivity contribution in [3.8, 4) is 11.8 Å². The molecule has 0 saturated heterocycles. The molecule has 3 aromatic rings. The van der Waals surface area contributed by atoms with Crippen LogP contribution in [0.15, 0.2) is 72.3 Å². The Bertz CT molecular complexity index is 1120. The van der Waals surface area contributed by atoms with Gasteiger partial charge in [-0.05, 0) is 48.4 Å². The van der Waals surface area contributed by atoms with Gasteiger partial charge in [-0.1, -0.05) is 71.2 Å². The van der Waals surface area contributed by atoms with Crippen LogP contribution in [-0.2, 0) is 11.4 Å². The maximum absolute atomic E-state index is 12.4. The molecular weight excluding hydrogens is 419 g/mol. The van der Waals surface area contributed by atoms with Gasteiger partial charge >= 0.3 is 0 Å². The molecule has 0 heterocycles. The number of carbonyl (C=O) groups is 1. The van der Waals surface area contributed by atoms with Crippen LogP contribution in [0.25, 0.3) is 6.08 Å².